The number of rotatable bonds is 8. The minimum atomic E-state index is -0.522. The number of aromatic amines is 1. The van der Waals surface area contributed by atoms with Crippen LogP contribution in [-0.4, -0.2) is 74.2 Å². The van der Waals surface area contributed by atoms with Gasteiger partial charge in [0.05, 0.1) is 24.9 Å². The van der Waals surface area contributed by atoms with Crippen LogP contribution in [0.15, 0.2) is 54.9 Å². The maximum atomic E-state index is 13.8. The first-order valence-electron chi connectivity index (χ1n) is 13.7. The van der Waals surface area contributed by atoms with E-state index in [2.05, 4.69) is 43.3 Å². The molecule has 2 fully saturated rings. The summed E-state index contributed by atoms with van der Waals surface area (Å²) in [6, 6.07) is 13.0. The number of likely N-dealkylation sites (tertiary alicyclic amines) is 1. The number of benzene rings is 2. The highest BCUT2D eigenvalue weighted by Gasteiger charge is 2.43. The molecule has 2 aliphatic rings. The predicted octanol–water partition coefficient (Wildman–Crippen LogP) is 1.92. The summed E-state index contributed by atoms with van der Waals surface area (Å²) in [6.45, 7) is 1.61. The van der Waals surface area contributed by atoms with Gasteiger partial charge in [0, 0.05) is 38.8 Å². The molecular formula is C29H34N8O3. The number of fused-ring (bicyclic) bond motifs is 1. The Morgan fingerprint density at radius 3 is 2.73 bits per heavy atom. The Morgan fingerprint density at radius 2 is 1.95 bits per heavy atom. The number of aromatic nitrogens is 5. The number of ether oxygens (including phenoxy) is 1. The van der Waals surface area contributed by atoms with Gasteiger partial charge in [-0.25, -0.2) is 4.68 Å². The van der Waals surface area contributed by atoms with Crippen LogP contribution in [0.2, 0.25) is 0 Å². The number of amides is 2. The molecule has 4 aromatic rings. The van der Waals surface area contributed by atoms with E-state index in [0.717, 1.165) is 39.9 Å². The fraction of sp³-hybridized carbons (Fsp3) is 0.414. The number of methoxy groups -OCH3 is 1. The van der Waals surface area contributed by atoms with Crippen molar-refractivity contribution in [1.29, 1.82) is 0 Å². The fourth-order valence-electron chi connectivity index (χ4n) is 6.02. The molecule has 40 heavy (non-hydrogen) atoms. The number of nitrogens with one attached hydrogen (secondary N) is 3. The van der Waals surface area contributed by atoms with Gasteiger partial charge in [-0.05, 0) is 66.1 Å². The van der Waals surface area contributed by atoms with Crippen molar-refractivity contribution in [3.63, 3.8) is 0 Å². The smallest absolute Gasteiger partial charge is 0.243 e. The maximum Gasteiger partial charge on any atom is 0.243 e. The summed E-state index contributed by atoms with van der Waals surface area (Å²) in [7, 11) is 3.50. The van der Waals surface area contributed by atoms with Crippen molar-refractivity contribution < 1.29 is 14.3 Å². The Balaban J connectivity index is 1.16. The fourth-order valence-corrected chi connectivity index (χ4v) is 6.02. The lowest BCUT2D eigenvalue weighted by Gasteiger charge is -2.27. The van der Waals surface area contributed by atoms with Crippen LogP contribution >= 0.6 is 0 Å². The molecule has 0 aliphatic carbocycles. The molecule has 11 nitrogen and oxygen atoms in total. The number of H-pyrrole nitrogens is 1. The van der Waals surface area contributed by atoms with Crippen LogP contribution in [0.3, 0.4) is 0 Å². The van der Waals surface area contributed by atoms with Crippen molar-refractivity contribution >= 4 is 22.8 Å². The van der Waals surface area contributed by atoms with E-state index in [4.69, 9.17) is 4.74 Å². The number of nitrogens with zero attached hydrogens (tertiary/aromatic N) is 5. The van der Waals surface area contributed by atoms with E-state index in [-0.39, 0.29) is 29.7 Å². The summed E-state index contributed by atoms with van der Waals surface area (Å²) in [6.07, 6.45) is 5.79. The monoisotopic (exact) mass is 542 g/mol. The summed E-state index contributed by atoms with van der Waals surface area (Å²) in [5, 5.41) is 21.6. The zero-order valence-electron chi connectivity index (χ0n) is 22.7. The highest BCUT2D eigenvalue weighted by molar-refractivity contribution is 5.90. The molecule has 0 spiro atoms. The van der Waals surface area contributed by atoms with Gasteiger partial charge < -0.3 is 20.3 Å². The van der Waals surface area contributed by atoms with E-state index in [9.17, 15) is 9.59 Å². The first-order valence-corrected chi connectivity index (χ1v) is 13.7. The van der Waals surface area contributed by atoms with Gasteiger partial charge in [0.1, 0.15) is 17.3 Å². The Bertz CT molecular complexity index is 1480. The van der Waals surface area contributed by atoms with E-state index in [0.29, 0.717) is 32.5 Å². The minimum Gasteiger partial charge on any atom is -0.497 e. The molecule has 4 heterocycles. The number of carbonyl (C=O) groups excluding carboxylic acids is 2. The third-order valence-electron chi connectivity index (χ3n) is 8.22. The van der Waals surface area contributed by atoms with E-state index in [1.807, 2.05) is 49.8 Å². The number of hydrogen-bond acceptors (Lipinski definition) is 7. The van der Waals surface area contributed by atoms with Gasteiger partial charge in [-0.15, -0.1) is 5.10 Å². The molecule has 0 bridgehead atoms. The summed E-state index contributed by atoms with van der Waals surface area (Å²) >= 11 is 0. The summed E-state index contributed by atoms with van der Waals surface area (Å²) in [5.41, 5.74) is 4.91. The van der Waals surface area contributed by atoms with Crippen molar-refractivity contribution in [2.75, 3.05) is 20.2 Å². The van der Waals surface area contributed by atoms with Gasteiger partial charge in [0.25, 0.3) is 0 Å². The van der Waals surface area contributed by atoms with Crippen LogP contribution in [0.5, 0.6) is 5.75 Å². The molecule has 208 valence electrons. The second kappa shape index (κ2) is 11.1. The van der Waals surface area contributed by atoms with Crippen molar-refractivity contribution in [3.8, 4) is 5.75 Å². The quantitative estimate of drug-likeness (QED) is 0.310. The van der Waals surface area contributed by atoms with Crippen LogP contribution < -0.4 is 15.4 Å². The Labute approximate surface area is 232 Å². The predicted molar refractivity (Wildman–Crippen MR) is 148 cm³/mol. The first-order chi connectivity index (χ1) is 19.5. The molecular weight excluding hydrogens is 508 g/mol. The Morgan fingerprint density at radius 1 is 1.12 bits per heavy atom. The molecule has 2 aliphatic heterocycles. The Kier molecular flexibility index (Phi) is 7.21. The molecule has 2 aromatic heterocycles. The normalized spacial score (nSPS) is 22.6. The molecule has 11 heteroatoms. The van der Waals surface area contributed by atoms with Crippen molar-refractivity contribution in [1.82, 2.24) is 40.7 Å². The average Bonchev–Trinajstić information content (AvgIpc) is 3.79. The van der Waals surface area contributed by atoms with Gasteiger partial charge in [-0.3, -0.25) is 14.7 Å². The van der Waals surface area contributed by atoms with Gasteiger partial charge in [0.15, 0.2) is 0 Å². The average molecular weight is 543 g/mol. The zero-order valence-corrected chi connectivity index (χ0v) is 22.7. The van der Waals surface area contributed by atoms with Gasteiger partial charge in [0.2, 0.25) is 11.8 Å². The van der Waals surface area contributed by atoms with Crippen LogP contribution in [0.1, 0.15) is 35.4 Å². The lowest BCUT2D eigenvalue weighted by molar-refractivity contribution is -0.139. The number of hydrogen-bond donors (Lipinski definition) is 3. The molecule has 0 saturated carbocycles. The topological polar surface area (TPSA) is 130 Å². The maximum absolute atomic E-state index is 13.8. The van der Waals surface area contributed by atoms with Crippen LogP contribution in [0, 0.1) is 5.92 Å². The first kappa shape index (κ1) is 26.0. The standard InChI is InChI=1S/C29H34N8O3/c1-36-26-8-5-19(10-24(26)34-35-36)13-31-28(38)27-11-20(9-18-3-6-23(40-2)7-4-18)17-37(27)29(39)25-12-21(14-30-25)22-15-32-33-16-22/h3-8,10,15-16,20-21,25,27,30H,9,11-14,17H2,1-2H3,(H,31,38)(H,32,33). The lowest BCUT2D eigenvalue weighted by atomic mass is 9.96. The lowest BCUT2D eigenvalue weighted by Crippen LogP contribution is -2.51. The third-order valence-corrected chi connectivity index (χ3v) is 8.22. The van der Waals surface area contributed by atoms with Gasteiger partial charge in [-0.1, -0.05) is 23.4 Å². The molecule has 4 unspecified atom stereocenters. The van der Waals surface area contributed by atoms with E-state index in [1.165, 1.54) is 0 Å². The van der Waals surface area contributed by atoms with Gasteiger partial charge in [-0.2, -0.15) is 5.10 Å². The summed E-state index contributed by atoms with van der Waals surface area (Å²) in [5.74, 6) is 1.06. The second-order valence-electron chi connectivity index (χ2n) is 10.8. The molecule has 6 rings (SSSR count). The SMILES string of the molecule is COc1ccc(CC2CC(C(=O)NCc3ccc4c(c3)nnn4C)N(C(=O)C3CC(c4cn[nH]c4)CN3)C2)cc1. The van der Waals surface area contributed by atoms with Crippen molar-refractivity contribution in [3.05, 3.63) is 71.5 Å². The molecule has 4 atom stereocenters. The molecule has 2 aromatic carbocycles. The largest absolute Gasteiger partial charge is 0.497 e. The molecule has 0 radical (unpaired) electrons. The highest BCUT2D eigenvalue weighted by atomic mass is 16.5. The molecule has 2 saturated heterocycles. The summed E-state index contributed by atoms with van der Waals surface area (Å²) in [4.78, 5) is 29.2. The van der Waals surface area contributed by atoms with Crippen LogP contribution in [0.25, 0.3) is 11.0 Å². The molecule has 3 N–H and O–H groups in total. The van der Waals surface area contributed by atoms with Crippen molar-refractivity contribution in [2.24, 2.45) is 13.0 Å². The minimum absolute atomic E-state index is 0.00986. The second-order valence-corrected chi connectivity index (χ2v) is 10.8. The van der Waals surface area contributed by atoms with Gasteiger partial charge >= 0.3 is 0 Å². The van der Waals surface area contributed by atoms with E-state index in [1.54, 1.807) is 16.7 Å². The number of carbonyl (C=O) groups is 2. The van der Waals surface area contributed by atoms with Crippen LogP contribution in [0.4, 0.5) is 0 Å². The van der Waals surface area contributed by atoms with Crippen molar-refractivity contribution in [2.45, 2.75) is 43.8 Å². The number of aryl methyl sites for hydroxylation is 1. The Hall–Kier alpha value is -4.25. The van der Waals surface area contributed by atoms with E-state index < -0.39 is 6.04 Å². The molecule has 2 amide bonds. The summed E-state index contributed by atoms with van der Waals surface area (Å²) < 4.78 is 7.01. The highest BCUT2D eigenvalue weighted by Crippen LogP contribution is 2.31. The van der Waals surface area contributed by atoms with Crippen LogP contribution in [-0.2, 0) is 29.6 Å². The van der Waals surface area contributed by atoms with E-state index >= 15 is 0 Å². The zero-order chi connectivity index (χ0) is 27.6. The third kappa shape index (κ3) is 5.29.